The monoisotopic (exact) mass is 310 g/mol. The number of benzene rings is 1. The Hall–Kier alpha value is -1.78. The number of carboxylic acid groups (broad SMARTS) is 1. The molecule has 2 aromatic rings. The minimum Gasteiger partial charge on any atom is -0.478 e. The number of halogens is 2. The van der Waals surface area contributed by atoms with Gasteiger partial charge in [-0.15, -0.1) is 0 Å². The predicted molar refractivity (Wildman–Crippen MR) is 79.7 cm³/mol. The minimum atomic E-state index is -1.06. The molecule has 0 bridgehead atoms. The van der Waals surface area contributed by atoms with Crippen molar-refractivity contribution in [1.29, 1.82) is 0 Å². The average Bonchev–Trinajstić information content (AvgIpc) is 2.41. The van der Waals surface area contributed by atoms with Crippen LogP contribution in [0, 0.1) is 0 Å². The molecule has 0 fully saturated rings. The van der Waals surface area contributed by atoms with Crippen LogP contribution < -0.4 is 5.32 Å². The van der Waals surface area contributed by atoms with Gasteiger partial charge in [0.05, 0.1) is 10.6 Å². The number of aromatic carboxylic acids is 1. The van der Waals surface area contributed by atoms with E-state index in [9.17, 15) is 4.79 Å². The Kier molecular flexibility index (Phi) is 4.47. The topological polar surface area (TPSA) is 62.2 Å². The Morgan fingerprint density at radius 1 is 1.30 bits per heavy atom. The summed E-state index contributed by atoms with van der Waals surface area (Å²) in [4.78, 5) is 14.8. The highest BCUT2D eigenvalue weighted by Crippen LogP contribution is 2.25. The maximum Gasteiger partial charge on any atom is 0.337 e. The first-order valence-corrected chi connectivity index (χ1v) is 6.64. The van der Waals surface area contributed by atoms with E-state index in [4.69, 9.17) is 28.3 Å². The van der Waals surface area contributed by atoms with E-state index in [0.29, 0.717) is 10.8 Å². The maximum atomic E-state index is 10.8. The van der Waals surface area contributed by atoms with Gasteiger partial charge in [-0.25, -0.2) is 9.78 Å². The van der Waals surface area contributed by atoms with Crippen molar-refractivity contribution in [3.8, 4) is 0 Å². The van der Waals surface area contributed by atoms with Crippen molar-refractivity contribution in [1.82, 2.24) is 4.98 Å². The van der Waals surface area contributed by atoms with Crippen LogP contribution in [-0.2, 0) is 0 Å². The molecule has 1 aromatic carbocycles. The van der Waals surface area contributed by atoms with E-state index in [1.807, 2.05) is 19.1 Å². The molecule has 20 heavy (non-hydrogen) atoms. The van der Waals surface area contributed by atoms with Crippen LogP contribution in [0.15, 0.2) is 36.5 Å². The first-order valence-electron chi connectivity index (χ1n) is 5.88. The Labute approximate surface area is 126 Å². The van der Waals surface area contributed by atoms with Gasteiger partial charge in [-0.3, -0.25) is 0 Å². The second kappa shape index (κ2) is 6.11. The zero-order valence-corrected chi connectivity index (χ0v) is 12.1. The number of carbonyl (C=O) groups is 1. The number of anilines is 1. The summed E-state index contributed by atoms with van der Waals surface area (Å²) in [6, 6.07) is 8.75. The van der Waals surface area contributed by atoms with Crippen molar-refractivity contribution in [2.24, 2.45) is 0 Å². The van der Waals surface area contributed by atoms with Gasteiger partial charge in [0.2, 0.25) is 0 Å². The second-order valence-corrected chi connectivity index (χ2v) is 5.12. The lowest BCUT2D eigenvalue weighted by Gasteiger charge is -2.16. The molecule has 1 aromatic heterocycles. The minimum absolute atomic E-state index is 0.0343. The summed E-state index contributed by atoms with van der Waals surface area (Å²) in [6.45, 7) is 1.95. The molecular formula is C14H12Cl2N2O2. The van der Waals surface area contributed by atoms with Gasteiger partial charge in [-0.1, -0.05) is 35.3 Å². The van der Waals surface area contributed by atoms with Crippen molar-refractivity contribution in [2.75, 3.05) is 5.32 Å². The van der Waals surface area contributed by atoms with Gasteiger partial charge in [0, 0.05) is 17.3 Å². The molecule has 104 valence electrons. The highest BCUT2D eigenvalue weighted by atomic mass is 35.5. The third-order valence-corrected chi connectivity index (χ3v) is 3.35. The van der Waals surface area contributed by atoms with E-state index in [1.54, 1.807) is 12.1 Å². The third-order valence-electron chi connectivity index (χ3n) is 2.81. The summed E-state index contributed by atoms with van der Waals surface area (Å²) in [7, 11) is 0. The zero-order chi connectivity index (χ0) is 14.7. The fourth-order valence-corrected chi connectivity index (χ4v) is 2.05. The quantitative estimate of drug-likeness (QED) is 0.885. The van der Waals surface area contributed by atoms with E-state index in [0.717, 1.165) is 5.56 Å². The molecule has 0 saturated heterocycles. The van der Waals surface area contributed by atoms with E-state index in [1.165, 1.54) is 12.3 Å². The number of hydrogen-bond acceptors (Lipinski definition) is 3. The second-order valence-electron chi connectivity index (χ2n) is 4.28. The molecule has 0 aliphatic rings. The fourth-order valence-electron chi connectivity index (χ4n) is 1.70. The molecule has 1 atom stereocenters. The van der Waals surface area contributed by atoms with Crippen molar-refractivity contribution < 1.29 is 9.90 Å². The van der Waals surface area contributed by atoms with E-state index >= 15 is 0 Å². The lowest BCUT2D eigenvalue weighted by Crippen LogP contribution is -2.09. The van der Waals surface area contributed by atoms with Crippen LogP contribution in [0.5, 0.6) is 0 Å². The van der Waals surface area contributed by atoms with Crippen LogP contribution in [0.1, 0.15) is 28.9 Å². The van der Waals surface area contributed by atoms with Crippen molar-refractivity contribution in [3.05, 3.63) is 57.7 Å². The first-order chi connectivity index (χ1) is 9.47. The Morgan fingerprint density at radius 2 is 1.95 bits per heavy atom. The Bertz CT molecular complexity index is 630. The van der Waals surface area contributed by atoms with Crippen molar-refractivity contribution in [3.63, 3.8) is 0 Å². The number of nitrogens with one attached hydrogen (secondary N) is 1. The normalized spacial score (nSPS) is 11.9. The summed E-state index contributed by atoms with van der Waals surface area (Å²) >= 11 is 11.9. The average molecular weight is 311 g/mol. The van der Waals surface area contributed by atoms with Gasteiger partial charge < -0.3 is 10.4 Å². The molecule has 2 rings (SSSR count). The summed E-state index contributed by atoms with van der Waals surface area (Å²) in [5, 5.41) is 12.9. The number of aromatic nitrogens is 1. The zero-order valence-electron chi connectivity index (χ0n) is 10.6. The lowest BCUT2D eigenvalue weighted by molar-refractivity contribution is 0.0696. The number of carboxylic acids is 1. The Morgan fingerprint density at radius 3 is 2.50 bits per heavy atom. The third kappa shape index (κ3) is 3.40. The van der Waals surface area contributed by atoms with Crippen LogP contribution in [0.4, 0.5) is 5.82 Å². The van der Waals surface area contributed by atoms with Gasteiger partial charge >= 0.3 is 5.97 Å². The fraction of sp³-hybridized carbons (Fsp3) is 0.143. The molecular weight excluding hydrogens is 299 g/mol. The summed E-state index contributed by atoms with van der Waals surface area (Å²) in [5.74, 6) is -0.615. The number of rotatable bonds is 4. The molecule has 0 spiro atoms. The van der Waals surface area contributed by atoms with E-state index in [-0.39, 0.29) is 16.6 Å². The molecule has 0 aliphatic carbocycles. The smallest absolute Gasteiger partial charge is 0.337 e. The van der Waals surface area contributed by atoms with E-state index < -0.39 is 5.97 Å². The molecule has 0 amide bonds. The largest absolute Gasteiger partial charge is 0.478 e. The highest BCUT2D eigenvalue weighted by Gasteiger charge is 2.11. The molecule has 0 radical (unpaired) electrons. The molecule has 1 unspecified atom stereocenters. The Balaban J connectivity index is 2.17. The van der Waals surface area contributed by atoms with E-state index in [2.05, 4.69) is 10.3 Å². The molecule has 0 saturated carbocycles. The van der Waals surface area contributed by atoms with Crippen LogP contribution in [0.25, 0.3) is 0 Å². The standard InChI is InChI=1S/C14H12Cl2N2O2/c1-8(9-2-4-11(15)5-3-9)18-13-12(16)6-10(7-17-13)14(19)20/h2-8H,1H3,(H,17,18)(H,19,20). The van der Waals surface area contributed by atoms with Gasteiger partial charge in [-0.05, 0) is 30.7 Å². The lowest BCUT2D eigenvalue weighted by atomic mass is 10.1. The number of pyridine rings is 1. The maximum absolute atomic E-state index is 10.8. The summed E-state index contributed by atoms with van der Waals surface area (Å²) < 4.78 is 0. The first kappa shape index (κ1) is 14.6. The predicted octanol–water partition coefficient (Wildman–Crippen LogP) is 4.26. The SMILES string of the molecule is CC(Nc1ncc(C(=O)O)cc1Cl)c1ccc(Cl)cc1. The summed E-state index contributed by atoms with van der Waals surface area (Å²) in [6.07, 6.45) is 1.27. The van der Waals surface area contributed by atoms with Gasteiger partial charge in [-0.2, -0.15) is 0 Å². The van der Waals surface area contributed by atoms with Crippen LogP contribution in [-0.4, -0.2) is 16.1 Å². The van der Waals surface area contributed by atoms with Crippen molar-refractivity contribution >= 4 is 35.0 Å². The molecule has 2 N–H and O–H groups in total. The van der Waals surface area contributed by atoms with Crippen LogP contribution in [0.3, 0.4) is 0 Å². The van der Waals surface area contributed by atoms with Gasteiger partial charge in [0.15, 0.2) is 0 Å². The molecule has 0 aliphatic heterocycles. The molecule has 6 heteroatoms. The highest BCUT2D eigenvalue weighted by molar-refractivity contribution is 6.33. The molecule has 1 heterocycles. The number of hydrogen-bond donors (Lipinski definition) is 2. The van der Waals surface area contributed by atoms with Crippen LogP contribution >= 0.6 is 23.2 Å². The van der Waals surface area contributed by atoms with Gasteiger partial charge in [0.1, 0.15) is 5.82 Å². The molecule has 4 nitrogen and oxygen atoms in total. The van der Waals surface area contributed by atoms with Crippen molar-refractivity contribution in [2.45, 2.75) is 13.0 Å². The number of nitrogens with zero attached hydrogens (tertiary/aromatic N) is 1. The summed E-state index contributed by atoms with van der Waals surface area (Å²) in [5.41, 5.74) is 1.08. The van der Waals surface area contributed by atoms with Crippen LogP contribution in [0.2, 0.25) is 10.0 Å². The van der Waals surface area contributed by atoms with Gasteiger partial charge in [0.25, 0.3) is 0 Å².